The van der Waals surface area contributed by atoms with E-state index in [0.717, 1.165) is 6.92 Å². The van der Waals surface area contributed by atoms with Crippen molar-refractivity contribution in [2.75, 3.05) is 0 Å². The first-order valence-electron chi connectivity index (χ1n) is 35.0. The highest BCUT2D eigenvalue weighted by Crippen LogP contribution is 2.37. The molecule has 3 aromatic heterocycles. The van der Waals surface area contributed by atoms with Crippen LogP contribution in [0, 0.1) is 6.92 Å². The molecule has 0 N–H and O–H groups in total. The van der Waals surface area contributed by atoms with Crippen molar-refractivity contribution in [2.24, 2.45) is 0 Å². The summed E-state index contributed by atoms with van der Waals surface area (Å²) in [6.45, 7) is 1.08. The first-order valence-corrected chi connectivity index (χ1v) is 19.5. The summed E-state index contributed by atoms with van der Waals surface area (Å²) in [6.07, 6.45) is 0. The fourth-order valence-corrected chi connectivity index (χ4v) is 11.5. The number of nitrogens with zero attached hydrogens (tertiary/aromatic N) is 2. The third kappa shape index (κ3) is 4.94. The highest BCUT2D eigenvalue weighted by molar-refractivity contribution is 7.20. The minimum atomic E-state index is -6.64. The van der Waals surface area contributed by atoms with Gasteiger partial charge in [-0.3, -0.25) is 0 Å². The Morgan fingerprint density at radius 2 is 0.898 bits per heavy atom. The lowest BCUT2D eigenvalue weighted by molar-refractivity contribution is 0.671. The zero-order valence-electron chi connectivity index (χ0n) is 64.8. The molecule has 3 nitrogen and oxygen atoms in total. The molecule has 0 saturated heterocycles. The molecule has 0 aliphatic carbocycles. The second-order valence-electron chi connectivity index (χ2n) is 13.0. The molecule has 0 amide bonds. The van der Waals surface area contributed by atoms with Crippen LogP contribution in [0.3, 0.4) is 0 Å². The van der Waals surface area contributed by atoms with Crippen molar-refractivity contribution in [3.63, 3.8) is 0 Å². The monoisotopic (exact) mass is 805 g/mol. The molecule has 4 heteroatoms. The predicted molar refractivity (Wildman–Crippen MR) is 251 cm³/mol. The van der Waals surface area contributed by atoms with E-state index in [4.69, 9.17) is 23.6 Å². The van der Waals surface area contributed by atoms with E-state index < -0.39 is 323 Å². The normalized spacial score (nSPS) is 21.3. The number of furan rings is 1. The fraction of sp³-hybridized carbons (Fsp3) is 0.0182. The van der Waals surface area contributed by atoms with Gasteiger partial charge in [-0.05, 0) is 82.1 Å². The van der Waals surface area contributed by atoms with E-state index in [1.54, 1.807) is 0 Å². The molecule has 12 aromatic rings. The number of benzene rings is 9. The quantitative estimate of drug-likeness (QED) is 0.121. The van der Waals surface area contributed by atoms with Crippen LogP contribution in [-0.4, -0.2) is 17.2 Å². The summed E-state index contributed by atoms with van der Waals surface area (Å²) < 4.78 is 336. The van der Waals surface area contributed by atoms with Gasteiger partial charge in [0, 0.05) is 43.7 Å². The van der Waals surface area contributed by atoms with Crippen LogP contribution in [0.15, 0.2) is 216 Å². The van der Waals surface area contributed by atoms with Crippen molar-refractivity contribution in [1.29, 1.82) is 0 Å². The van der Waals surface area contributed by atoms with Crippen LogP contribution < -0.4 is 20.7 Å². The van der Waals surface area contributed by atoms with Gasteiger partial charge in [-0.1, -0.05) is 163 Å². The van der Waals surface area contributed by atoms with Gasteiger partial charge in [0.1, 0.15) is 11.2 Å². The first kappa shape index (κ1) is 13.9. The van der Waals surface area contributed by atoms with Crippen molar-refractivity contribution in [3.8, 4) is 11.4 Å². The third-order valence-electron chi connectivity index (χ3n) is 9.92. The largest absolute Gasteiger partial charge is 0.456 e. The molecule has 0 fully saturated rings. The average molecular weight is 806 g/mol. The van der Waals surface area contributed by atoms with Crippen LogP contribution in [-0.2, 0) is 0 Å². The SMILES string of the molecule is [2H]c1c([2H])c([2H])c([Si](c2c([2H])c([2H])c([2H])c(C)c2[2H])(c2c([2H])c([2H])c([2H])c(-n3c4c([2H])c([2H])c([2H])c([2H])c4c4c([2H])c(-n5c6c([2H])c([2H])c([2H])c([2H])c6c6c([2H])c([2H])c([2H])c([2H])c65)c([2H])c([2H])c43)c2[2H])c2c([2H])c([2H])c([2H])c3c2oc2c([2H])c([2H])c([2H])c([2H])c23)c([2H])c1[2H]. The zero-order chi connectivity index (χ0) is 69.5. The Kier molecular flexibility index (Phi) is 3.07. The van der Waals surface area contributed by atoms with Crippen LogP contribution in [0.25, 0.3) is 76.9 Å². The Balaban J connectivity index is 1.41. The molecule has 0 saturated carbocycles. The van der Waals surface area contributed by atoms with Gasteiger partial charge in [-0.15, -0.1) is 0 Å². The maximum atomic E-state index is 10.8. The third-order valence-corrected chi connectivity index (χ3v) is 14.0. The van der Waals surface area contributed by atoms with Gasteiger partial charge >= 0.3 is 0 Å². The standard InChI is InChI=1S/C55H38N2OSi/c1-37-16-13-20-41(34-37)59(40-18-3-2-4-19-40,54-31-15-26-47-46-25-8-12-30-53(46)58-55(47)54)42-21-14-17-38(35-42)56-51-29-11-7-24-45(51)48-36-39(32-33-52(48)56)57-49-27-9-5-22-43(49)44-23-6-10-28-50(44)57/h2-36H,1H3/i2D,3D,4D,5D,6D,7D,8D,9D,10D,11D,12D,13D,14D,15D,16D,17D,18D,19D,20D,21D,22D,23D,24D,25D,26D,27D,28D,29D,30D,31D,32D,33D,34D,35D,36D. The van der Waals surface area contributed by atoms with Gasteiger partial charge in [0.15, 0.2) is 8.07 Å². The molecular formula is C55H38N2OSi. The van der Waals surface area contributed by atoms with Crippen LogP contribution in [0.4, 0.5) is 0 Å². The molecule has 0 bridgehead atoms. The van der Waals surface area contributed by atoms with Crippen LogP contribution >= 0.6 is 0 Å². The summed E-state index contributed by atoms with van der Waals surface area (Å²) in [6, 6.07) is -38.4. The lowest BCUT2D eigenvalue weighted by atomic mass is 10.1. The molecule has 12 rings (SSSR count). The number of aromatic nitrogens is 2. The van der Waals surface area contributed by atoms with E-state index in [-0.39, 0.29) is 0 Å². The number of para-hydroxylation sites is 5. The van der Waals surface area contributed by atoms with Gasteiger partial charge in [0.05, 0.1) is 70.0 Å². The molecule has 59 heavy (non-hydrogen) atoms. The van der Waals surface area contributed by atoms with Gasteiger partial charge in [0.25, 0.3) is 0 Å². The molecule has 1 atom stereocenters. The Morgan fingerprint density at radius 3 is 1.61 bits per heavy atom. The molecule has 278 valence electrons. The van der Waals surface area contributed by atoms with E-state index in [1.807, 2.05) is 0 Å². The number of hydrogen-bond acceptors (Lipinski definition) is 1. The van der Waals surface area contributed by atoms with E-state index in [2.05, 4.69) is 0 Å². The maximum absolute atomic E-state index is 10.8. The number of rotatable bonds is 6. The van der Waals surface area contributed by atoms with E-state index in [9.17, 15) is 28.8 Å². The number of hydrogen-bond donors (Lipinski definition) is 0. The van der Waals surface area contributed by atoms with E-state index in [0.29, 0.717) is 9.13 Å². The summed E-state index contributed by atoms with van der Waals surface area (Å²) in [4.78, 5) is 0. The van der Waals surface area contributed by atoms with Crippen LogP contribution in [0.5, 0.6) is 0 Å². The highest BCUT2D eigenvalue weighted by atomic mass is 28.3. The zero-order valence-corrected chi connectivity index (χ0v) is 30.8. The van der Waals surface area contributed by atoms with Crippen molar-refractivity contribution >= 4 is 94.4 Å². The predicted octanol–water partition coefficient (Wildman–Crippen LogP) is 11.5. The molecular weight excluding hydrogens is 733 g/mol. The maximum Gasteiger partial charge on any atom is 0.184 e. The van der Waals surface area contributed by atoms with E-state index >= 15 is 0 Å². The van der Waals surface area contributed by atoms with Gasteiger partial charge in [0.2, 0.25) is 0 Å². The topological polar surface area (TPSA) is 23.0 Å². The molecule has 0 aliphatic rings. The molecule has 1 unspecified atom stereocenters. The van der Waals surface area contributed by atoms with Crippen molar-refractivity contribution in [3.05, 3.63) is 217 Å². The summed E-state index contributed by atoms with van der Waals surface area (Å²) in [5.74, 6) is 0. The minimum absolute atomic E-state index is 0.532. The Morgan fingerprint density at radius 1 is 0.390 bits per heavy atom. The average Bonchev–Trinajstić information content (AvgIpc) is 1.08. The smallest absolute Gasteiger partial charge is 0.184 e. The van der Waals surface area contributed by atoms with Gasteiger partial charge < -0.3 is 13.6 Å². The van der Waals surface area contributed by atoms with E-state index in [1.165, 1.54) is 0 Å². The van der Waals surface area contributed by atoms with Crippen molar-refractivity contribution in [2.45, 2.75) is 6.92 Å². The molecule has 0 radical (unpaired) electrons. The lowest BCUT2D eigenvalue weighted by Crippen LogP contribution is -2.75. The first-order chi connectivity index (χ1) is 43.8. The molecule has 3 heterocycles. The summed E-state index contributed by atoms with van der Waals surface area (Å²) in [5, 5.41) is -8.74. The van der Waals surface area contributed by atoms with Crippen LogP contribution in [0.1, 0.15) is 53.5 Å². The lowest BCUT2D eigenvalue weighted by Gasteiger charge is -2.35. The molecule has 9 aromatic carbocycles. The Hall–Kier alpha value is -7.40. The minimum Gasteiger partial charge on any atom is -0.456 e. The second kappa shape index (κ2) is 13.1. The van der Waals surface area contributed by atoms with Crippen LogP contribution in [0.2, 0.25) is 0 Å². The van der Waals surface area contributed by atoms with Gasteiger partial charge in [-0.25, -0.2) is 0 Å². The van der Waals surface area contributed by atoms with Crippen molar-refractivity contribution < 1.29 is 52.4 Å². The molecule has 0 aliphatic heterocycles. The fourth-order valence-electron chi connectivity index (χ4n) is 7.52. The summed E-state index contributed by atoms with van der Waals surface area (Å²) in [5.41, 5.74) is -7.64. The summed E-state index contributed by atoms with van der Waals surface area (Å²) in [7, 11) is -6.64. The Labute approximate surface area is 391 Å². The van der Waals surface area contributed by atoms with Crippen molar-refractivity contribution in [1.82, 2.24) is 9.13 Å². The highest BCUT2D eigenvalue weighted by Gasteiger charge is 2.44. The Bertz CT molecular complexity index is 5450. The molecule has 0 spiro atoms. The number of fused-ring (bicyclic) bond motifs is 9. The summed E-state index contributed by atoms with van der Waals surface area (Å²) >= 11 is 0. The van der Waals surface area contributed by atoms with Gasteiger partial charge in [-0.2, -0.15) is 0 Å². The second-order valence-corrected chi connectivity index (χ2v) is 16.5.